The third-order valence-electron chi connectivity index (χ3n) is 2.28. The highest BCUT2D eigenvalue weighted by molar-refractivity contribution is 5.70. The van der Waals surface area contributed by atoms with Crippen LogP contribution in [-0.4, -0.2) is 16.1 Å². The molecule has 0 radical (unpaired) electrons. The van der Waals surface area contributed by atoms with E-state index >= 15 is 0 Å². The van der Waals surface area contributed by atoms with Crippen LogP contribution in [0.1, 0.15) is 28.9 Å². The van der Waals surface area contributed by atoms with Gasteiger partial charge in [0, 0.05) is 12.1 Å². The lowest BCUT2D eigenvalue weighted by Gasteiger charge is -2.16. The first-order valence-corrected chi connectivity index (χ1v) is 4.96. The molecule has 0 spiro atoms. The minimum Gasteiger partial charge on any atom is -0.481 e. The topological polar surface area (TPSA) is 76.2 Å². The number of aliphatic carboxylic acids is 1. The molecule has 1 rings (SSSR count). The van der Waals surface area contributed by atoms with Crippen molar-refractivity contribution in [2.45, 2.75) is 25.6 Å². The second-order valence-corrected chi connectivity index (χ2v) is 3.59. The molecule has 0 aromatic carbocycles. The molecule has 1 aromatic heterocycles. The summed E-state index contributed by atoms with van der Waals surface area (Å²) in [6, 6.07) is 0.193. The van der Waals surface area contributed by atoms with Crippen LogP contribution >= 0.6 is 0 Å². The first kappa shape index (κ1) is 15.3. The van der Waals surface area contributed by atoms with Gasteiger partial charge in [-0.15, -0.1) is 0 Å². The summed E-state index contributed by atoms with van der Waals surface area (Å²) in [7, 11) is 0. The zero-order valence-corrected chi connectivity index (χ0v) is 9.34. The lowest BCUT2D eigenvalue weighted by atomic mass is 10.0. The van der Waals surface area contributed by atoms with Crippen LogP contribution in [0.15, 0.2) is 6.07 Å². The molecular formula is C10H9F5N2O2. The second kappa shape index (κ2) is 5.47. The maximum absolute atomic E-state index is 12.7. The van der Waals surface area contributed by atoms with Gasteiger partial charge in [-0.3, -0.25) is 9.78 Å². The van der Waals surface area contributed by atoms with Crippen LogP contribution in [-0.2, 0) is 23.9 Å². The Morgan fingerprint density at radius 1 is 1.42 bits per heavy atom. The normalized spacial score (nSPS) is 11.9. The fourth-order valence-corrected chi connectivity index (χ4v) is 1.53. The van der Waals surface area contributed by atoms with Gasteiger partial charge in [0.1, 0.15) is 5.69 Å². The Balaban J connectivity index is 3.51. The quantitative estimate of drug-likeness (QED) is 0.830. The summed E-state index contributed by atoms with van der Waals surface area (Å²) in [5.41, 5.74) is 1.45. The van der Waals surface area contributed by atoms with E-state index in [0.29, 0.717) is 0 Å². The standard InChI is InChI=1S/C10H9F5N2O2/c11-9(12)7-1-5(10(13,14)15)4(3-16)6(17-7)2-8(18)19/h1,9H,2-3,16H2,(H,18,19). The highest BCUT2D eigenvalue weighted by Gasteiger charge is 2.36. The number of nitrogens with zero attached hydrogens (tertiary/aromatic N) is 1. The summed E-state index contributed by atoms with van der Waals surface area (Å²) in [5.74, 6) is -1.48. The summed E-state index contributed by atoms with van der Waals surface area (Å²) in [6.07, 6.45) is -9.05. The van der Waals surface area contributed by atoms with Gasteiger partial charge in [0.05, 0.1) is 17.7 Å². The SMILES string of the molecule is NCc1c(C(F)(F)F)cc(C(F)F)nc1CC(=O)O. The van der Waals surface area contributed by atoms with Gasteiger partial charge in [-0.25, -0.2) is 8.78 Å². The minimum absolute atomic E-state index is 0.193. The van der Waals surface area contributed by atoms with Gasteiger partial charge < -0.3 is 10.8 Å². The Hall–Kier alpha value is -1.77. The average molecular weight is 284 g/mol. The molecule has 0 aliphatic heterocycles. The Labute approximate surface area is 104 Å². The van der Waals surface area contributed by atoms with E-state index in [-0.39, 0.29) is 6.07 Å². The predicted octanol–water partition coefficient (Wildman–Crippen LogP) is 2.12. The molecular weight excluding hydrogens is 275 g/mol. The number of carboxylic acid groups (broad SMARTS) is 1. The van der Waals surface area contributed by atoms with Crippen LogP contribution in [0.2, 0.25) is 0 Å². The Morgan fingerprint density at radius 2 is 2.00 bits per heavy atom. The van der Waals surface area contributed by atoms with E-state index in [1.54, 1.807) is 0 Å². The number of carboxylic acids is 1. The van der Waals surface area contributed by atoms with E-state index in [4.69, 9.17) is 10.8 Å². The smallest absolute Gasteiger partial charge is 0.416 e. The zero-order valence-electron chi connectivity index (χ0n) is 9.34. The van der Waals surface area contributed by atoms with Crippen LogP contribution < -0.4 is 5.73 Å². The number of hydrogen-bond acceptors (Lipinski definition) is 3. The van der Waals surface area contributed by atoms with Gasteiger partial charge >= 0.3 is 12.1 Å². The third kappa shape index (κ3) is 3.60. The molecule has 4 nitrogen and oxygen atoms in total. The van der Waals surface area contributed by atoms with Crippen molar-refractivity contribution in [3.8, 4) is 0 Å². The van der Waals surface area contributed by atoms with Gasteiger partial charge in [-0.1, -0.05) is 0 Å². The first-order chi connectivity index (χ1) is 8.66. The number of pyridine rings is 1. The number of halogens is 5. The van der Waals surface area contributed by atoms with Crippen molar-refractivity contribution < 1.29 is 31.9 Å². The van der Waals surface area contributed by atoms with Gasteiger partial charge in [-0.05, 0) is 6.07 Å². The average Bonchev–Trinajstić information content (AvgIpc) is 2.25. The number of nitrogens with two attached hydrogens (primary N) is 1. The maximum atomic E-state index is 12.7. The summed E-state index contributed by atoms with van der Waals surface area (Å²) in [4.78, 5) is 13.8. The molecule has 0 unspecified atom stereocenters. The Kier molecular flexibility index (Phi) is 4.40. The first-order valence-electron chi connectivity index (χ1n) is 4.96. The molecule has 3 N–H and O–H groups in total. The zero-order chi connectivity index (χ0) is 14.8. The van der Waals surface area contributed by atoms with E-state index in [1.807, 2.05) is 0 Å². The van der Waals surface area contributed by atoms with Gasteiger partial charge in [0.15, 0.2) is 0 Å². The molecule has 0 amide bonds. The third-order valence-corrected chi connectivity index (χ3v) is 2.28. The lowest BCUT2D eigenvalue weighted by molar-refractivity contribution is -0.139. The molecule has 0 fully saturated rings. The summed E-state index contributed by atoms with van der Waals surface area (Å²) < 4.78 is 63.1. The molecule has 0 aliphatic rings. The molecule has 19 heavy (non-hydrogen) atoms. The lowest BCUT2D eigenvalue weighted by Crippen LogP contribution is -2.19. The Bertz CT molecular complexity index is 488. The summed E-state index contributed by atoms with van der Waals surface area (Å²) in [6.45, 7) is -0.645. The molecule has 106 valence electrons. The van der Waals surface area contributed by atoms with Crippen molar-refractivity contribution in [1.29, 1.82) is 0 Å². The van der Waals surface area contributed by atoms with Crippen molar-refractivity contribution in [3.05, 3.63) is 28.6 Å². The van der Waals surface area contributed by atoms with Crippen LogP contribution in [0.25, 0.3) is 0 Å². The number of alkyl halides is 5. The van der Waals surface area contributed by atoms with Crippen molar-refractivity contribution in [2.24, 2.45) is 5.73 Å². The van der Waals surface area contributed by atoms with Crippen molar-refractivity contribution >= 4 is 5.97 Å². The van der Waals surface area contributed by atoms with Crippen molar-refractivity contribution in [2.75, 3.05) is 0 Å². The van der Waals surface area contributed by atoms with Crippen LogP contribution in [0, 0.1) is 0 Å². The minimum atomic E-state index is -4.91. The number of hydrogen-bond donors (Lipinski definition) is 2. The van der Waals surface area contributed by atoms with E-state index in [2.05, 4.69) is 4.98 Å². The largest absolute Gasteiger partial charge is 0.481 e. The molecule has 1 aromatic rings. The van der Waals surface area contributed by atoms with E-state index in [0.717, 1.165) is 0 Å². The molecule has 1 heterocycles. The monoisotopic (exact) mass is 284 g/mol. The Morgan fingerprint density at radius 3 is 2.37 bits per heavy atom. The number of aromatic nitrogens is 1. The van der Waals surface area contributed by atoms with E-state index in [9.17, 15) is 26.7 Å². The highest BCUT2D eigenvalue weighted by Crippen LogP contribution is 2.35. The summed E-state index contributed by atoms with van der Waals surface area (Å²) in [5, 5.41) is 8.56. The van der Waals surface area contributed by atoms with Gasteiger partial charge in [0.25, 0.3) is 6.43 Å². The summed E-state index contributed by atoms with van der Waals surface area (Å²) >= 11 is 0. The maximum Gasteiger partial charge on any atom is 0.416 e. The number of carbonyl (C=O) groups is 1. The van der Waals surface area contributed by atoms with Gasteiger partial charge in [0.2, 0.25) is 0 Å². The van der Waals surface area contributed by atoms with Crippen molar-refractivity contribution in [3.63, 3.8) is 0 Å². The molecule has 0 aliphatic carbocycles. The molecule has 0 saturated carbocycles. The number of rotatable bonds is 4. The molecule has 0 atom stereocenters. The van der Waals surface area contributed by atoms with Gasteiger partial charge in [-0.2, -0.15) is 13.2 Å². The van der Waals surface area contributed by atoms with Crippen LogP contribution in [0.4, 0.5) is 22.0 Å². The van der Waals surface area contributed by atoms with Crippen LogP contribution in [0.3, 0.4) is 0 Å². The fourth-order valence-electron chi connectivity index (χ4n) is 1.53. The predicted molar refractivity (Wildman–Crippen MR) is 53.4 cm³/mol. The highest BCUT2D eigenvalue weighted by atomic mass is 19.4. The van der Waals surface area contributed by atoms with E-state index in [1.165, 1.54) is 0 Å². The van der Waals surface area contributed by atoms with E-state index < -0.39 is 54.1 Å². The van der Waals surface area contributed by atoms with Crippen molar-refractivity contribution in [1.82, 2.24) is 4.98 Å². The fraction of sp³-hybridized carbons (Fsp3) is 0.400. The molecule has 0 saturated heterocycles. The molecule has 0 bridgehead atoms. The second-order valence-electron chi connectivity index (χ2n) is 3.59. The van der Waals surface area contributed by atoms with Crippen LogP contribution in [0.5, 0.6) is 0 Å². The molecule has 9 heteroatoms.